The molecule has 0 bridgehead atoms. The van der Waals surface area contributed by atoms with Gasteiger partial charge in [-0.15, -0.1) is 0 Å². The molecule has 1 aromatic heterocycles. The zero-order chi connectivity index (χ0) is 20.5. The molecular formula is C21H21ClF2N4O. The lowest BCUT2D eigenvalue weighted by Gasteiger charge is -2.09. The van der Waals surface area contributed by atoms with Crippen LogP contribution in [0.4, 0.5) is 20.4 Å². The van der Waals surface area contributed by atoms with Gasteiger partial charge in [0.2, 0.25) is 5.95 Å². The van der Waals surface area contributed by atoms with E-state index >= 15 is 0 Å². The summed E-state index contributed by atoms with van der Waals surface area (Å²) in [5.41, 5.74) is 0.925. The smallest absolute Gasteiger partial charge is 0.254 e. The molecule has 1 saturated carbocycles. The predicted octanol–water partition coefficient (Wildman–Crippen LogP) is 5.17. The Morgan fingerprint density at radius 1 is 1.28 bits per heavy atom. The van der Waals surface area contributed by atoms with Crippen LogP contribution in [0, 0.1) is 17.6 Å². The zero-order valence-electron chi connectivity index (χ0n) is 15.9. The van der Waals surface area contributed by atoms with Crippen molar-refractivity contribution in [2.24, 2.45) is 13.0 Å². The van der Waals surface area contributed by atoms with Gasteiger partial charge < -0.3 is 15.2 Å². The second kappa shape index (κ2) is 7.99. The molecule has 8 heteroatoms. The summed E-state index contributed by atoms with van der Waals surface area (Å²) in [5, 5.41) is 5.82. The average molecular weight is 419 g/mol. The van der Waals surface area contributed by atoms with E-state index in [1.807, 2.05) is 0 Å². The van der Waals surface area contributed by atoms with Crippen molar-refractivity contribution in [2.75, 3.05) is 11.9 Å². The second-order valence-corrected chi connectivity index (χ2v) is 7.79. The Morgan fingerprint density at radius 3 is 2.79 bits per heavy atom. The first-order chi connectivity index (χ1) is 13.9. The Labute approximate surface area is 172 Å². The molecule has 0 spiro atoms. The predicted molar refractivity (Wildman–Crippen MR) is 110 cm³/mol. The van der Waals surface area contributed by atoms with Crippen molar-refractivity contribution in [1.29, 1.82) is 0 Å². The number of halogens is 3. The number of benzene rings is 2. The Bertz CT molecular complexity index is 1060. The highest BCUT2D eigenvalue weighted by molar-refractivity contribution is 6.33. The molecule has 2 N–H and O–H groups in total. The average Bonchev–Trinajstić information content (AvgIpc) is 3.47. The van der Waals surface area contributed by atoms with E-state index in [0.717, 1.165) is 18.8 Å². The lowest BCUT2D eigenvalue weighted by molar-refractivity contribution is 0.0949. The fourth-order valence-electron chi connectivity index (χ4n) is 3.32. The summed E-state index contributed by atoms with van der Waals surface area (Å²) < 4.78 is 30.2. The number of nitrogens with zero attached hydrogens (tertiary/aromatic N) is 2. The van der Waals surface area contributed by atoms with Gasteiger partial charge in [0.05, 0.1) is 27.3 Å². The monoisotopic (exact) mass is 418 g/mol. The van der Waals surface area contributed by atoms with Crippen LogP contribution in [0.15, 0.2) is 30.3 Å². The third-order valence-electron chi connectivity index (χ3n) is 5.19. The van der Waals surface area contributed by atoms with Crippen molar-refractivity contribution in [3.63, 3.8) is 0 Å². The molecule has 0 saturated heterocycles. The highest BCUT2D eigenvalue weighted by Crippen LogP contribution is 2.33. The van der Waals surface area contributed by atoms with E-state index in [1.165, 1.54) is 37.1 Å². The van der Waals surface area contributed by atoms with Crippen LogP contribution in [0.25, 0.3) is 11.0 Å². The number of amides is 1. The largest absolute Gasteiger partial charge is 0.352 e. The number of rotatable bonds is 7. The maximum Gasteiger partial charge on any atom is 0.254 e. The van der Waals surface area contributed by atoms with Gasteiger partial charge >= 0.3 is 0 Å². The minimum atomic E-state index is -0.629. The molecule has 4 rings (SSSR count). The number of nitrogens with one attached hydrogen (secondary N) is 2. The van der Waals surface area contributed by atoms with E-state index in [-0.39, 0.29) is 22.2 Å². The van der Waals surface area contributed by atoms with Crippen LogP contribution in [0.5, 0.6) is 0 Å². The van der Waals surface area contributed by atoms with Crippen molar-refractivity contribution in [3.05, 3.63) is 52.6 Å². The van der Waals surface area contributed by atoms with E-state index in [0.29, 0.717) is 17.6 Å². The molecule has 1 fully saturated rings. The number of anilines is 2. The van der Waals surface area contributed by atoms with Gasteiger partial charge in [-0.2, -0.15) is 0 Å². The number of aryl methyl sites for hydroxylation is 1. The summed E-state index contributed by atoms with van der Waals surface area (Å²) in [6.07, 6.45) is 4.53. The Hall–Kier alpha value is -2.67. The van der Waals surface area contributed by atoms with E-state index in [2.05, 4.69) is 15.6 Å². The molecule has 2 aromatic carbocycles. The molecule has 1 aliphatic carbocycles. The van der Waals surface area contributed by atoms with Gasteiger partial charge in [0.25, 0.3) is 5.91 Å². The van der Waals surface area contributed by atoms with Crippen LogP contribution in [0.3, 0.4) is 0 Å². The van der Waals surface area contributed by atoms with Crippen molar-refractivity contribution < 1.29 is 13.6 Å². The number of hydrogen-bond acceptors (Lipinski definition) is 3. The topological polar surface area (TPSA) is 59.0 Å². The molecule has 152 valence electrons. The van der Waals surface area contributed by atoms with Crippen molar-refractivity contribution in [2.45, 2.75) is 25.7 Å². The molecule has 0 aliphatic heterocycles. The first-order valence-electron chi connectivity index (χ1n) is 9.59. The summed E-state index contributed by atoms with van der Waals surface area (Å²) in [6.45, 7) is 0.521. The number of imidazole rings is 1. The van der Waals surface area contributed by atoms with E-state index < -0.39 is 17.5 Å². The van der Waals surface area contributed by atoms with Crippen LogP contribution >= 0.6 is 11.6 Å². The lowest BCUT2D eigenvalue weighted by Crippen LogP contribution is -2.25. The summed E-state index contributed by atoms with van der Waals surface area (Å²) in [5.74, 6) is -0.536. The summed E-state index contributed by atoms with van der Waals surface area (Å²) in [7, 11) is 1.67. The van der Waals surface area contributed by atoms with Gasteiger partial charge in [-0.1, -0.05) is 30.5 Å². The molecule has 0 radical (unpaired) electrons. The first kappa shape index (κ1) is 19.6. The number of hydrogen-bond donors (Lipinski definition) is 2. The van der Waals surface area contributed by atoms with E-state index in [1.54, 1.807) is 17.7 Å². The quantitative estimate of drug-likeness (QED) is 0.520. The molecule has 0 atom stereocenters. The van der Waals surface area contributed by atoms with Crippen molar-refractivity contribution in [3.8, 4) is 0 Å². The summed E-state index contributed by atoms with van der Waals surface area (Å²) >= 11 is 6.05. The fourth-order valence-corrected chi connectivity index (χ4v) is 3.53. The zero-order valence-corrected chi connectivity index (χ0v) is 16.7. The molecular weight excluding hydrogens is 398 g/mol. The fraction of sp³-hybridized carbons (Fsp3) is 0.333. The second-order valence-electron chi connectivity index (χ2n) is 7.38. The molecule has 3 aromatic rings. The van der Waals surface area contributed by atoms with Crippen molar-refractivity contribution >= 4 is 40.2 Å². The molecule has 1 aliphatic rings. The summed E-state index contributed by atoms with van der Waals surface area (Å²) in [6, 6.07) is 7.01. The number of carbonyl (C=O) groups excluding carboxylic acids is 1. The molecule has 0 unspecified atom stereocenters. The van der Waals surface area contributed by atoms with E-state index in [4.69, 9.17) is 11.6 Å². The van der Waals surface area contributed by atoms with Crippen LogP contribution < -0.4 is 10.6 Å². The number of carbonyl (C=O) groups is 1. The first-order valence-corrected chi connectivity index (χ1v) is 9.97. The Balaban J connectivity index is 1.56. The Kier molecular flexibility index (Phi) is 5.41. The number of fused-ring (bicyclic) bond motifs is 1. The molecule has 1 amide bonds. The van der Waals surface area contributed by atoms with Gasteiger partial charge in [0, 0.05) is 19.7 Å². The third kappa shape index (κ3) is 4.19. The maximum absolute atomic E-state index is 14.6. The van der Waals surface area contributed by atoms with Crippen LogP contribution in [0.2, 0.25) is 5.02 Å². The molecule has 5 nitrogen and oxygen atoms in total. The highest BCUT2D eigenvalue weighted by Gasteiger charge is 2.21. The van der Waals surface area contributed by atoms with E-state index in [9.17, 15) is 13.6 Å². The van der Waals surface area contributed by atoms with Gasteiger partial charge in [-0.3, -0.25) is 4.79 Å². The standard InChI is InChI=1S/C21H21ClF2N4O/c1-28-18-11-16(24)13(20(29)25-9-3-4-12-7-8-12)10-17(18)26-21(28)27-19-14(22)5-2-6-15(19)23/h2,5-6,10-12H,3-4,7-9H2,1H3,(H,25,29)(H,26,27). The van der Waals surface area contributed by atoms with Gasteiger partial charge in [0.1, 0.15) is 11.6 Å². The number of para-hydroxylation sites is 1. The minimum absolute atomic E-state index is 0.0579. The molecule has 29 heavy (non-hydrogen) atoms. The molecule has 1 heterocycles. The lowest BCUT2D eigenvalue weighted by atomic mass is 10.1. The van der Waals surface area contributed by atoms with Crippen LogP contribution in [-0.4, -0.2) is 22.0 Å². The highest BCUT2D eigenvalue weighted by atomic mass is 35.5. The Morgan fingerprint density at radius 2 is 2.07 bits per heavy atom. The van der Waals surface area contributed by atoms with Crippen LogP contribution in [0.1, 0.15) is 36.0 Å². The normalized spacial score (nSPS) is 13.7. The van der Waals surface area contributed by atoms with Gasteiger partial charge in [-0.05, 0) is 37.0 Å². The third-order valence-corrected chi connectivity index (χ3v) is 5.50. The van der Waals surface area contributed by atoms with Crippen LogP contribution in [-0.2, 0) is 7.05 Å². The SMILES string of the molecule is Cn1c(Nc2c(F)cccc2Cl)nc2cc(C(=O)NCCCC3CC3)c(F)cc21. The summed E-state index contributed by atoms with van der Waals surface area (Å²) in [4.78, 5) is 16.8. The minimum Gasteiger partial charge on any atom is -0.352 e. The van der Waals surface area contributed by atoms with Gasteiger partial charge in [0.15, 0.2) is 0 Å². The van der Waals surface area contributed by atoms with Gasteiger partial charge in [-0.25, -0.2) is 13.8 Å². The maximum atomic E-state index is 14.6. The number of aromatic nitrogens is 2. The van der Waals surface area contributed by atoms with Crippen molar-refractivity contribution in [1.82, 2.24) is 14.9 Å².